The van der Waals surface area contributed by atoms with Crippen molar-refractivity contribution in [3.63, 3.8) is 0 Å². The lowest BCUT2D eigenvalue weighted by Gasteiger charge is -2.62. The average Bonchev–Trinajstić information content (AvgIpc) is 3.04. The molecular weight excluding hydrogens is 372 g/mol. The molecule has 30 heavy (non-hydrogen) atoms. The Bertz CT molecular complexity index is 644. The fraction of sp³-hybridized carbons (Fsp3) is 0.963. The molecule has 4 aliphatic rings. The summed E-state index contributed by atoms with van der Waals surface area (Å²) in [5.74, 6) is 4.16. The van der Waals surface area contributed by atoms with Crippen molar-refractivity contribution in [2.45, 2.75) is 111 Å². The maximum absolute atomic E-state index is 12.1. The van der Waals surface area contributed by atoms with E-state index in [9.17, 15) is 15.0 Å². The molecule has 4 rings (SSSR count). The summed E-state index contributed by atoms with van der Waals surface area (Å²) < 4.78 is 0. The third-order valence-corrected chi connectivity index (χ3v) is 10.9. The summed E-state index contributed by atoms with van der Waals surface area (Å²) in [6.07, 6.45) is 10.0. The molecule has 3 nitrogen and oxygen atoms in total. The summed E-state index contributed by atoms with van der Waals surface area (Å²) in [7, 11) is 0. The minimum absolute atomic E-state index is 0.181. The Hall–Kier alpha value is -0.410. The van der Waals surface area contributed by atoms with E-state index in [0.717, 1.165) is 32.1 Å². The van der Waals surface area contributed by atoms with Crippen LogP contribution >= 0.6 is 0 Å². The quantitative estimate of drug-likeness (QED) is 0.609. The number of aliphatic hydroxyl groups excluding tert-OH is 2. The molecule has 2 N–H and O–H groups in total. The van der Waals surface area contributed by atoms with Gasteiger partial charge in [0, 0.05) is 12.8 Å². The Morgan fingerprint density at radius 3 is 2.40 bits per heavy atom. The number of ketones is 1. The second-order valence-corrected chi connectivity index (χ2v) is 12.6. The SMILES string of the molecule is CC(C)[C@H](O)CC[C@@H](C)[C@H]1CCC2C3C(CC[C@@]21C)[C@@]1(C)CCC(=O)C[C@@H]1C[C@H]3O. The minimum atomic E-state index is -0.222. The van der Waals surface area contributed by atoms with E-state index in [1.807, 2.05) is 0 Å². The molecule has 0 aromatic heterocycles. The van der Waals surface area contributed by atoms with Crippen molar-refractivity contribution in [3.05, 3.63) is 0 Å². The van der Waals surface area contributed by atoms with Gasteiger partial charge in [-0.2, -0.15) is 0 Å². The number of carbonyl (C=O) groups is 1. The van der Waals surface area contributed by atoms with Crippen LogP contribution in [0.5, 0.6) is 0 Å². The maximum atomic E-state index is 12.1. The van der Waals surface area contributed by atoms with Gasteiger partial charge < -0.3 is 10.2 Å². The molecule has 4 fully saturated rings. The second kappa shape index (κ2) is 8.18. The molecule has 10 atom stereocenters. The fourth-order valence-corrected chi connectivity index (χ4v) is 8.96. The first-order valence-corrected chi connectivity index (χ1v) is 13.0. The summed E-state index contributed by atoms with van der Waals surface area (Å²) in [6.45, 7) is 11.6. The van der Waals surface area contributed by atoms with Crippen molar-refractivity contribution >= 4 is 5.78 Å². The lowest BCUT2D eigenvalue weighted by molar-refractivity contribution is -0.169. The van der Waals surface area contributed by atoms with E-state index in [1.54, 1.807) is 0 Å². The Balaban J connectivity index is 1.51. The molecule has 0 aromatic rings. The van der Waals surface area contributed by atoms with E-state index in [-0.39, 0.29) is 17.6 Å². The van der Waals surface area contributed by atoms with Crippen LogP contribution in [-0.2, 0) is 4.79 Å². The molecule has 0 amide bonds. The normalized spacial score (nSPS) is 48.1. The second-order valence-electron chi connectivity index (χ2n) is 12.6. The largest absolute Gasteiger partial charge is 0.393 e. The van der Waals surface area contributed by atoms with Crippen LogP contribution in [-0.4, -0.2) is 28.2 Å². The van der Waals surface area contributed by atoms with Gasteiger partial charge in [0.05, 0.1) is 12.2 Å². The highest BCUT2D eigenvalue weighted by molar-refractivity contribution is 5.79. The molecular formula is C27H46O3. The van der Waals surface area contributed by atoms with Gasteiger partial charge in [0.25, 0.3) is 0 Å². The van der Waals surface area contributed by atoms with Crippen molar-refractivity contribution in [2.75, 3.05) is 0 Å². The van der Waals surface area contributed by atoms with Gasteiger partial charge >= 0.3 is 0 Å². The molecule has 0 bridgehead atoms. The van der Waals surface area contributed by atoms with Crippen molar-refractivity contribution in [1.29, 1.82) is 0 Å². The predicted octanol–water partition coefficient (Wildman–Crippen LogP) is 5.62. The third-order valence-electron chi connectivity index (χ3n) is 10.9. The van der Waals surface area contributed by atoms with E-state index in [1.165, 1.54) is 25.7 Å². The summed E-state index contributed by atoms with van der Waals surface area (Å²) in [5.41, 5.74) is 0.586. The van der Waals surface area contributed by atoms with Crippen LogP contribution in [0.1, 0.15) is 98.8 Å². The molecule has 3 heteroatoms. The molecule has 0 saturated heterocycles. The lowest BCUT2D eigenvalue weighted by atomic mass is 9.44. The molecule has 0 aromatic carbocycles. The number of hydrogen-bond acceptors (Lipinski definition) is 3. The van der Waals surface area contributed by atoms with Crippen LogP contribution in [0.25, 0.3) is 0 Å². The molecule has 4 saturated carbocycles. The molecule has 4 aliphatic carbocycles. The summed E-state index contributed by atoms with van der Waals surface area (Å²) >= 11 is 0. The van der Waals surface area contributed by atoms with Crippen LogP contribution in [0.3, 0.4) is 0 Å². The average molecular weight is 419 g/mol. The number of aliphatic hydroxyl groups is 2. The molecule has 3 unspecified atom stereocenters. The Kier molecular flexibility index (Phi) is 6.21. The summed E-state index contributed by atoms with van der Waals surface area (Å²) in [5, 5.41) is 21.6. The number of carbonyl (C=O) groups excluding carboxylic acids is 1. The number of hydrogen-bond donors (Lipinski definition) is 2. The van der Waals surface area contributed by atoms with Gasteiger partial charge in [-0.3, -0.25) is 4.79 Å². The number of Topliss-reactive ketones (excluding diaryl/α,β-unsaturated/α-hetero) is 1. The highest BCUT2D eigenvalue weighted by atomic mass is 16.3. The van der Waals surface area contributed by atoms with Crippen LogP contribution in [0.4, 0.5) is 0 Å². The van der Waals surface area contributed by atoms with Crippen molar-refractivity contribution in [3.8, 4) is 0 Å². The predicted molar refractivity (Wildman–Crippen MR) is 121 cm³/mol. The summed E-state index contributed by atoms with van der Waals surface area (Å²) in [6, 6.07) is 0. The lowest BCUT2D eigenvalue weighted by Crippen LogP contribution is -2.58. The van der Waals surface area contributed by atoms with Crippen molar-refractivity contribution in [2.24, 2.45) is 52.3 Å². The topological polar surface area (TPSA) is 57.5 Å². The van der Waals surface area contributed by atoms with Crippen molar-refractivity contribution in [1.82, 2.24) is 0 Å². The zero-order valence-electron chi connectivity index (χ0n) is 20.1. The molecule has 0 aliphatic heterocycles. The van der Waals surface area contributed by atoms with Crippen LogP contribution in [0, 0.1) is 52.3 Å². The highest BCUT2D eigenvalue weighted by Gasteiger charge is 2.62. The Labute approximate surface area is 184 Å². The van der Waals surface area contributed by atoms with E-state index in [4.69, 9.17) is 0 Å². The Morgan fingerprint density at radius 1 is 1.00 bits per heavy atom. The van der Waals surface area contributed by atoms with Gasteiger partial charge in [-0.05, 0) is 104 Å². The smallest absolute Gasteiger partial charge is 0.133 e. The van der Waals surface area contributed by atoms with Gasteiger partial charge in [0.1, 0.15) is 5.78 Å². The van der Waals surface area contributed by atoms with Crippen LogP contribution in [0.15, 0.2) is 0 Å². The monoisotopic (exact) mass is 418 g/mol. The van der Waals surface area contributed by atoms with Gasteiger partial charge in [0.2, 0.25) is 0 Å². The molecule has 0 heterocycles. The van der Waals surface area contributed by atoms with Gasteiger partial charge in [0.15, 0.2) is 0 Å². The first-order valence-electron chi connectivity index (χ1n) is 13.0. The van der Waals surface area contributed by atoms with Gasteiger partial charge in [-0.25, -0.2) is 0 Å². The van der Waals surface area contributed by atoms with Crippen LogP contribution in [0.2, 0.25) is 0 Å². The maximum Gasteiger partial charge on any atom is 0.133 e. The van der Waals surface area contributed by atoms with Gasteiger partial charge in [-0.1, -0.05) is 34.6 Å². The van der Waals surface area contributed by atoms with E-state index < -0.39 is 0 Å². The van der Waals surface area contributed by atoms with Crippen LogP contribution < -0.4 is 0 Å². The van der Waals surface area contributed by atoms with E-state index in [0.29, 0.717) is 59.0 Å². The van der Waals surface area contributed by atoms with Crippen molar-refractivity contribution < 1.29 is 15.0 Å². The highest BCUT2D eigenvalue weighted by Crippen LogP contribution is 2.68. The molecule has 0 spiro atoms. The Morgan fingerprint density at radius 2 is 1.70 bits per heavy atom. The first-order chi connectivity index (χ1) is 14.1. The number of fused-ring (bicyclic) bond motifs is 5. The third kappa shape index (κ3) is 3.60. The zero-order valence-corrected chi connectivity index (χ0v) is 20.1. The molecule has 0 radical (unpaired) electrons. The standard InChI is InChI=1S/C27H46O3/c1-16(2)23(29)9-6-17(3)20-7-8-21-25-22(11-13-27(20,21)5)26(4)12-10-19(28)14-18(26)15-24(25)30/h16-18,20-25,29-30H,6-15H2,1-5H3/t17-,18-,20-,21?,22?,23-,24-,25?,26+,27-/m1/s1. The fourth-order valence-electron chi connectivity index (χ4n) is 8.96. The number of rotatable bonds is 5. The van der Waals surface area contributed by atoms with E-state index >= 15 is 0 Å². The summed E-state index contributed by atoms with van der Waals surface area (Å²) in [4.78, 5) is 12.1. The van der Waals surface area contributed by atoms with E-state index in [2.05, 4.69) is 34.6 Å². The van der Waals surface area contributed by atoms with Gasteiger partial charge in [-0.15, -0.1) is 0 Å². The molecule has 172 valence electrons. The first kappa shape index (κ1) is 22.8. The minimum Gasteiger partial charge on any atom is -0.393 e. The zero-order chi connectivity index (χ0) is 21.8.